The average molecular weight is 782 g/mol. The molecule has 0 amide bonds. The molecular weight excluding hydrogens is 727 g/mol. The standard InChI is InChI=1S/C54H46N2.C2H6.CH3N/c1-38-17-9-6-4-5-7-12-24-50(39(2)37-38)54(53(55-54)45-27-25-42(26-28-45)41-18-10-8-11-19-41)46-30-32-47(33-31-46)56-36-35-44-21-13-15-22-48(44)40(3)52-49-23-16-14-20-43(49)29-34-51(52)56;2*1-2/h4,6-25,27,29-36,53,55H,1-3,5,26,28,37H2;1-2H3;2H,1H2/b6-4-,12-7-,17-9-,36-35-,50-24+;;. The maximum atomic E-state index is 5.50. The second-order valence-electron chi connectivity index (χ2n) is 15.1. The Morgan fingerprint density at radius 1 is 0.700 bits per heavy atom. The minimum absolute atomic E-state index is 0.142. The van der Waals surface area contributed by atoms with Crippen LogP contribution < -0.4 is 10.2 Å². The lowest BCUT2D eigenvalue weighted by Gasteiger charge is -2.29. The van der Waals surface area contributed by atoms with Crippen molar-refractivity contribution in [3.8, 4) is 0 Å². The molecule has 0 aromatic heterocycles. The zero-order valence-electron chi connectivity index (χ0n) is 35.0. The molecule has 0 radical (unpaired) electrons. The molecule has 0 bridgehead atoms. The lowest BCUT2D eigenvalue weighted by molar-refractivity contribution is 0.762. The van der Waals surface area contributed by atoms with Gasteiger partial charge in [-0.25, -0.2) is 0 Å². The first kappa shape index (κ1) is 41.4. The van der Waals surface area contributed by atoms with Crippen molar-refractivity contribution in [2.24, 2.45) is 0 Å². The predicted octanol–water partition coefficient (Wildman–Crippen LogP) is 14.8. The van der Waals surface area contributed by atoms with Crippen LogP contribution in [0.2, 0.25) is 0 Å². The SMILES string of the molecule is C=C1/C=C\C=C/C/C=C\C=C(\C2(c3ccc(N4/C=C\c5ccccc5C(=C)c5c4ccc4ccccc54)cc3)NC2C2=CC=C(c3ccccc3)CC2)C(=C)C1.C=N.CC. The number of nitrogens with zero attached hydrogens (tertiary/aromatic N) is 1. The molecule has 0 saturated carbocycles. The minimum atomic E-state index is -0.429. The fourth-order valence-corrected chi connectivity index (χ4v) is 8.78. The van der Waals surface area contributed by atoms with Crippen LogP contribution in [-0.2, 0) is 5.54 Å². The summed E-state index contributed by atoms with van der Waals surface area (Å²) in [6.45, 7) is 20.3. The van der Waals surface area contributed by atoms with Gasteiger partial charge in [-0.2, -0.15) is 0 Å². The fourth-order valence-electron chi connectivity index (χ4n) is 8.78. The first-order valence-corrected chi connectivity index (χ1v) is 21.0. The van der Waals surface area contributed by atoms with Crippen molar-refractivity contribution in [3.63, 3.8) is 0 Å². The minimum Gasteiger partial charge on any atom is -0.317 e. The summed E-state index contributed by atoms with van der Waals surface area (Å²) in [5.41, 5.74) is 14.9. The third-order valence-corrected chi connectivity index (χ3v) is 11.7. The number of rotatable bonds is 5. The lowest BCUT2D eigenvalue weighted by Crippen LogP contribution is -2.21. The molecule has 5 aromatic rings. The Morgan fingerprint density at radius 3 is 2.22 bits per heavy atom. The van der Waals surface area contributed by atoms with Crippen molar-refractivity contribution in [1.29, 1.82) is 5.41 Å². The van der Waals surface area contributed by atoms with Crippen LogP contribution in [0.3, 0.4) is 0 Å². The van der Waals surface area contributed by atoms with Gasteiger partial charge in [-0.05, 0) is 112 Å². The molecule has 2 unspecified atom stereocenters. The molecule has 0 spiro atoms. The molecule has 2 atom stereocenters. The van der Waals surface area contributed by atoms with E-state index in [1.165, 1.54) is 38.6 Å². The molecule has 2 aliphatic heterocycles. The van der Waals surface area contributed by atoms with Crippen molar-refractivity contribution in [3.05, 3.63) is 246 Å². The Kier molecular flexibility index (Phi) is 13.0. The Balaban J connectivity index is 0.00000132. The van der Waals surface area contributed by atoms with E-state index in [1.54, 1.807) is 0 Å². The Bertz CT molecular complexity index is 2620. The molecule has 298 valence electrons. The molecule has 9 rings (SSSR count). The highest BCUT2D eigenvalue weighted by atomic mass is 15.2. The van der Waals surface area contributed by atoms with E-state index >= 15 is 0 Å². The number of hydrogen-bond donors (Lipinski definition) is 2. The first-order valence-electron chi connectivity index (χ1n) is 21.0. The number of hydrogen-bond acceptors (Lipinski definition) is 3. The quantitative estimate of drug-likeness (QED) is 0.138. The van der Waals surface area contributed by atoms with E-state index < -0.39 is 5.54 Å². The second kappa shape index (κ2) is 18.8. The van der Waals surface area contributed by atoms with Gasteiger partial charge >= 0.3 is 0 Å². The normalized spacial score (nSPS) is 22.6. The number of allylic oxidation sites excluding steroid dienone is 11. The van der Waals surface area contributed by atoms with E-state index in [0.29, 0.717) is 6.42 Å². The zero-order valence-corrected chi connectivity index (χ0v) is 35.0. The van der Waals surface area contributed by atoms with Crippen LogP contribution in [0, 0.1) is 5.41 Å². The van der Waals surface area contributed by atoms with Crippen molar-refractivity contribution < 1.29 is 0 Å². The van der Waals surface area contributed by atoms with Gasteiger partial charge in [0, 0.05) is 17.5 Å². The van der Waals surface area contributed by atoms with Crippen molar-refractivity contribution in [1.82, 2.24) is 5.32 Å². The Morgan fingerprint density at radius 2 is 1.43 bits per heavy atom. The summed E-state index contributed by atoms with van der Waals surface area (Å²) >= 11 is 0. The first-order chi connectivity index (χ1) is 29.5. The Hall–Kier alpha value is -6.81. The molecule has 2 aliphatic carbocycles. The van der Waals surface area contributed by atoms with Crippen LogP contribution in [-0.4, -0.2) is 12.8 Å². The fraction of sp³-hybridized carbons (Fsp3) is 0.140. The van der Waals surface area contributed by atoms with Gasteiger partial charge < -0.3 is 10.3 Å². The number of fused-ring (bicyclic) bond motifs is 4. The van der Waals surface area contributed by atoms with Gasteiger partial charge in [0.2, 0.25) is 0 Å². The van der Waals surface area contributed by atoms with Crippen molar-refractivity contribution >= 4 is 46.1 Å². The van der Waals surface area contributed by atoms with E-state index in [9.17, 15) is 0 Å². The molecule has 60 heavy (non-hydrogen) atoms. The zero-order chi connectivity index (χ0) is 42.1. The van der Waals surface area contributed by atoms with E-state index in [0.717, 1.165) is 64.0 Å². The van der Waals surface area contributed by atoms with Crippen molar-refractivity contribution in [2.45, 2.75) is 51.1 Å². The van der Waals surface area contributed by atoms with Gasteiger partial charge in [0.15, 0.2) is 0 Å². The van der Waals surface area contributed by atoms with Crippen LogP contribution in [0.4, 0.5) is 11.4 Å². The smallest absolute Gasteiger partial charge is 0.0893 e. The van der Waals surface area contributed by atoms with Gasteiger partial charge in [-0.1, -0.05) is 196 Å². The second-order valence-corrected chi connectivity index (χ2v) is 15.1. The maximum absolute atomic E-state index is 5.50. The van der Waals surface area contributed by atoms with E-state index in [2.05, 4.69) is 206 Å². The summed E-state index contributed by atoms with van der Waals surface area (Å²) in [5, 5.41) is 12.0. The number of anilines is 2. The molecule has 1 saturated heterocycles. The average Bonchev–Trinajstić information content (AvgIpc) is 4.05. The topological polar surface area (TPSA) is 49.0 Å². The van der Waals surface area contributed by atoms with E-state index in [1.807, 2.05) is 13.8 Å². The van der Waals surface area contributed by atoms with Gasteiger partial charge in [0.05, 0.1) is 17.3 Å². The summed E-state index contributed by atoms with van der Waals surface area (Å²) in [7, 11) is 0. The monoisotopic (exact) mass is 781 g/mol. The molecule has 2 heterocycles. The van der Waals surface area contributed by atoms with Crippen LogP contribution in [0.15, 0.2) is 218 Å². The number of benzene rings is 5. The molecule has 3 nitrogen and oxygen atoms in total. The van der Waals surface area contributed by atoms with E-state index in [4.69, 9.17) is 18.6 Å². The van der Waals surface area contributed by atoms with Crippen LogP contribution in [0.25, 0.3) is 28.0 Å². The number of nitrogens with one attached hydrogen (secondary N) is 2. The Labute approximate surface area is 357 Å². The van der Waals surface area contributed by atoms with Crippen LogP contribution in [0.5, 0.6) is 0 Å². The van der Waals surface area contributed by atoms with Gasteiger partial charge in [0.25, 0.3) is 0 Å². The molecule has 2 N–H and O–H groups in total. The highest BCUT2D eigenvalue weighted by Crippen LogP contribution is 2.53. The van der Waals surface area contributed by atoms with Gasteiger partial charge in [-0.15, -0.1) is 0 Å². The highest BCUT2D eigenvalue weighted by molar-refractivity contribution is 6.05. The van der Waals surface area contributed by atoms with Crippen molar-refractivity contribution in [2.75, 3.05) is 4.90 Å². The van der Waals surface area contributed by atoms with Gasteiger partial charge in [0.1, 0.15) is 0 Å². The summed E-state index contributed by atoms with van der Waals surface area (Å²) in [4.78, 5) is 2.32. The molecule has 4 aliphatic rings. The third-order valence-electron chi connectivity index (χ3n) is 11.7. The lowest BCUT2D eigenvalue weighted by atomic mass is 9.78. The summed E-state index contributed by atoms with van der Waals surface area (Å²) < 4.78 is 0. The maximum Gasteiger partial charge on any atom is 0.0893 e. The van der Waals surface area contributed by atoms with E-state index in [-0.39, 0.29) is 6.04 Å². The summed E-state index contributed by atoms with van der Waals surface area (Å²) in [6, 6.07) is 41.7. The van der Waals surface area contributed by atoms with Crippen LogP contribution in [0.1, 0.15) is 67.3 Å². The van der Waals surface area contributed by atoms with Crippen LogP contribution >= 0.6 is 0 Å². The summed E-state index contributed by atoms with van der Waals surface area (Å²) in [5.74, 6) is 0. The predicted molar refractivity (Wildman–Crippen MR) is 261 cm³/mol. The summed E-state index contributed by atoms with van der Waals surface area (Å²) in [6.07, 6.45) is 27.8. The molecule has 1 fully saturated rings. The van der Waals surface area contributed by atoms with Gasteiger partial charge in [-0.3, -0.25) is 5.32 Å². The molecule has 3 heteroatoms. The third kappa shape index (κ3) is 8.23. The molecule has 5 aromatic carbocycles. The molecular formula is C57H55N3. The highest BCUT2D eigenvalue weighted by Gasteiger charge is 2.59. The largest absolute Gasteiger partial charge is 0.317 e.